The van der Waals surface area contributed by atoms with Crippen molar-refractivity contribution in [3.63, 3.8) is 0 Å². The molecule has 0 aliphatic carbocycles. The van der Waals surface area contributed by atoms with Crippen LogP contribution in [0.15, 0.2) is 0 Å². The van der Waals surface area contributed by atoms with E-state index in [0.717, 1.165) is 0 Å². The Kier molecular flexibility index (Phi) is 1.98. The molecule has 0 aromatic carbocycles. The summed E-state index contributed by atoms with van der Waals surface area (Å²) in [5.74, 6) is 0. The first-order valence-electron chi connectivity index (χ1n) is 1.32. The van der Waals surface area contributed by atoms with Crippen LogP contribution >= 0.6 is 0 Å². The van der Waals surface area contributed by atoms with Gasteiger partial charge < -0.3 is 0 Å². The Morgan fingerprint density at radius 3 is 1.50 bits per heavy atom. The second-order valence-electron chi connectivity index (χ2n) is 0.748. The molecule has 4 heteroatoms. The average molecular weight is 160 g/mol. The first-order chi connectivity index (χ1) is 2.56. The van der Waals surface area contributed by atoms with Gasteiger partial charge in [-0.15, -0.1) is 0 Å². The van der Waals surface area contributed by atoms with Crippen LogP contribution in [0.2, 0.25) is 5.71 Å². The second-order valence-corrected chi connectivity index (χ2v) is 2.99. The zero-order valence-electron chi connectivity index (χ0n) is 3.13. The van der Waals surface area contributed by atoms with Gasteiger partial charge in [0.25, 0.3) is 0 Å². The number of hydrogen-bond donors (Lipinski definition) is 0. The summed E-state index contributed by atoms with van der Waals surface area (Å²) in [5, 5.41) is 0. The zero-order chi connectivity index (χ0) is 5.21. The van der Waals surface area contributed by atoms with Crippen LogP contribution in [0.1, 0.15) is 0 Å². The van der Waals surface area contributed by atoms with E-state index in [9.17, 15) is 13.2 Å². The van der Waals surface area contributed by atoms with E-state index in [0.29, 0.717) is 0 Å². The molecule has 0 aliphatic rings. The van der Waals surface area contributed by atoms with E-state index < -0.39 is 20.7 Å². The van der Waals surface area contributed by atoms with Gasteiger partial charge in [-0.25, -0.2) is 0 Å². The van der Waals surface area contributed by atoms with Crippen molar-refractivity contribution in [2.45, 2.75) is 10.7 Å². The van der Waals surface area contributed by atoms with Crippen molar-refractivity contribution in [1.82, 2.24) is 0 Å². The molecular weight excluding hydrogens is 156 g/mol. The summed E-state index contributed by atoms with van der Waals surface area (Å²) in [6.07, 6.45) is 0. The van der Waals surface area contributed by atoms with Crippen LogP contribution in [-0.2, 0) is 0 Å². The fourth-order valence-electron chi connectivity index (χ4n) is 0. The Balaban J connectivity index is 3.17. The van der Waals surface area contributed by atoms with Gasteiger partial charge in [0.1, 0.15) is 0 Å². The minimum absolute atomic E-state index is 1.21. The number of halogens is 3. The molecule has 0 spiro atoms. The van der Waals surface area contributed by atoms with Crippen LogP contribution in [0.25, 0.3) is 0 Å². The summed E-state index contributed by atoms with van der Waals surface area (Å²) in [6.45, 7) is 0. The SMILES string of the molecule is C[AsH]C(F)(F)F. The Labute approximate surface area is 40.4 Å². The first kappa shape index (κ1) is 6.35. The summed E-state index contributed by atoms with van der Waals surface area (Å²) in [4.78, 5) is -3.83. The maximum absolute atomic E-state index is 10.8. The monoisotopic (exact) mass is 160 g/mol. The van der Waals surface area contributed by atoms with Crippen LogP contribution in [0.3, 0.4) is 0 Å². The molecule has 0 N–H and O–H groups in total. The third-order valence-corrected chi connectivity index (χ3v) is 1.47. The molecule has 0 aromatic heterocycles. The quantitative estimate of drug-likeness (QED) is 0.463. The maximum atomic E-state index is 10.8. The van der Waals surface area contributed by atoms with Gasteiger partial charge in [0.05, 0.1) is 0 Å². The molecule has 0 radical (unpaired) electrons. The van der Waals surface area contributed by atoms with E-state index in [-0.39, 0.29) is 0 Å². The molecule has 1 unspecified atom stereocenters. The third-order valence-electron chi connectivity index (χ3n) is 0.283. The van der Waals surface area contributed by atoms with Crippen LogP contribution in [0.5, 0.6) is 0 Å². The van der Waals surface area contributed by atoms with E-state index in [1.807, 2.05) is 0 Å². The van der Waals surface area contributed by atoms with Gasteiger partial charge in [-0.3, -0.25) is 0 Å². The van der Waals surface area contributed by atoms with Gasteiger partial charge in [0.15, 0.2) is 0 Å². The molecule has 0 saturated heterocycles. The summed E-state index contributed by atoms with van der Waals surface area (Å²) in [5.41, 5.74) is 1.21. The minimum atomic E-state index is -3.83. The first-order valence-corrected chi connectivity index (χ1v) is 4.46. The Bertz CT molecular complexity index is 38.5. The normalized spacial score (nSPS) is 14.0. The molecule has 0 heterocycles. The van der Waals surface area contributed by atoms with Gasteiger partial charge >= 0.3 is 39.6 Å². The number of hydrogen-bond acceptors (Lipinski definition) is 0. The van der Waals surface area contributed by atoms with E-state index >= 15 is 0 Å². The summed E-state index contributed by atoms with van der Waals surface area (Å²) < 4.78 is 32.5. The van der Waals surface area contributed by atoms with Crippen LogP contribution in [-0.4, -0.2) is 20.7 Å². The molecule has 38 valence electrons. The Morgan fingerprint density at radius 2 is 1.50 bits per heavy atom. The van der Waals surface area contributed by atoms with Gasteiger partial charge in [0.2, 0.25) is 0 Å². The van der Waals surface area contributed by atoms with E-state index in [1.165, 1.54) is 5.71 Å². The van der Waals surface area contributed by atoms with Crippen molar-refractivity contribution in [2.24, 2.45) is 0 Å². The van der Waals surface area contributed by atoms with Gasteiger partial charge in [-0.1, -0.05) is 0 Å². The van der Waals surface area contributed by atoms with E-state index in [4.69, 9.17) is 0 Å². The van der Waals surface area contributed by atoms with E-state index in [2.05, 4.69) is 0 Å². The molecular formula is C2H4AsF3. The fraction of sp³-hybridized carbons (Fsp3) is 1.00. The zero-order valence-corrected chi connectivity index (χ0v) is 5.23. The summed E-state index contributed by atoms with van der Waals surface area (Å²) >= 11 is -1.65. The molecule has 0 aliphatic heterocycles. The van der Waals surface area contributed by atoms with Gasteiger partial charge in [0, 0.05) is 0 Å². The molecule has 0 aromatic rings. The topological polar surface area (TPSA) is 0 Å². The molecule has 6 heavy (non-hydrogen) atoms. The van der Waals surface area contributed by atoms with Crippen LogP contribution in [0.4, 0.5) is 13.2 Å². The predicted octanol–water partition coefficient (Wildman–Crippen LogP) is 0.991. The average Bonchev–Trinajstić information content (AvgIpc) is 1.35. The van der Waals surface area contributed by atoms with Gasteiger partial charge in [-0.05, 0) is 0 Å². The van der Waals surface area contributed by atoms with Gasteiger partial charge in [-0.2, -0.15) is 0 Å². The van der Waals surface area contributed by atoms with Crippen LogP contribution < -0.4 is 0 Å². The van der Waals surface area contributed by atoms with Crippen molar-refractivity contribution in [1.29, 1.82) is 0 Å². The molecule has 0 bridgehead atoms. The molecule has 0 rings (SSSR count). The van der Waals surface area contributed by atoms with E-state index in [1.54, 1.807) is 0 Å². The molecule has 0 amide bonds. The Hall–Kier alpha value is 0.348. The molecule has 0 nitrogen and oxygen atoms in total. The van der Waals surface area contributed by atoms with Crippen molar-refractivity contribution in [2.75, 3.05) is 0 Å². The third kappa shape index (κ3) is 4.35. The van der Waals surface area contributed by atoms with Crippen molar-refractivity contribution >= 4 is 15.8 Å². The standard InChI is InChI=1S/C2H4AsF3/c1-3-2(4,5)6/h3H,1H3. The van der Waals surface area contributed by atoms with Crippen molar-refractivity contribution < 1.29 is 13.2 Å². The molecule has 1 atom stereocenters. The van der Waals surface area contributed by atoms with Crippen molar-refractivity contribution in [3.8, 4) is 0 Å². The summed E-state index contributed by atoms with van der Waals surface area (Å²) in [7, 11) is 0. The van der Waals surface area contributed by atoms with Crippen LogP contribution in [0, 0.1) is 0 Å². The predicted molar refractivity (Wildman–Crippen MR) is 19.1 cm³/mol. The second kappa shape index (κ2) is 1.87. The molecule has 0 fully saturated rings. The molecule has 0 saturated carbocycles. The Morgan fingerprint density at radius 1 is 1.33 bits per heavy atom. The number of alkyl halides is 3. The fourth-order valence-corrected chi connectivity index (χ4v) is 0. The number of rotatable bonds is 0. The van der Waals surface area contributed by atoms with Crippen molar-refractivity contribution in [3.05, 3.63) is 0 Å². The summed E-state index contributed by atoms with van der Waals surface area (Å²) in [6, 6.07) is 0.